The summed E-state index contributed by atoms with van der Waals surface area (Å²) in [6.45, 7) is 7.41. The Morgan fingerprint density at radius 2 is 1.76 bits per heavy atom. The van der Waals surface area contributed by atoms with Crippen LogP contribution in [0.2, 0.25) is 0 Å². The highest BCUT2D eigenvalue weighted by Crippen LogP contribution is 2.83. The van der Waals surface area contributed by atoms with Crippen molar-refractivity contribution in [1.82, 2.24) is 0 Å². The van der Waals surface area contributed by atoms with Gasteiger partial charge >= 0.3 is 17.9 Å². The van der Waals surface area contributed by atoms with Crippen molar-refractivity contribution in [2.75, 3.05) is 0 Å². The number of rotatable bonds is 0. The van der Waals surface area contributed by atoms with E-state index in [1.165, 1.54) is 6.92 Å². The first kappa shape index (κ1) is 17.9. The van der Waals surface area contributed by atoms with Crippen molar-refractivity contribution in [2.45, 2.75) is 70.4 Å². The van der Waals surface area contributed by atoms with Crippen LogP contribution in [0.25, 0.3) is 0 Å². The summed E-state index contributed by atoms with van der Waals surface area (Å²) in [4.78, 5) is 38.0. The standard InChI is InChI=1S/C20H22O9/c1-6-9-10(27-13(6)23)11(21)19-8-5-7(17(2,3)4)18(19)12(22)14(24)28-16(18)29-20(9,19)15(25)26-8/h7-8,10-12,16,21-22H,5H2,1-4H3/t7?,8-,10-,11?,12+,16+,18?,19?,20-/m1/s1. The predicted molar refractivity (Wildman–Crippen MR) is 90.6 cm³/mol. The van der Waals surface area contributed by atoms with Crippen molar-refractivity contribution in [3.63, 3.8) is 0 Å². The highest BCUT2D eigenvalue weighted by atomic mass is 16.7. The zero-order valence-corrected chi connectivity index (χ0v) is 16.4. The van der Waals surface area contributed by atoms with E-state index in [4.69, 9.17) is 18.9 Å². The van der Waals surface area contributed by atoms with Gasteiger partial charge in [0.05, 0.1) is 10.8 Å². The molecule has 2 saturated carbocycles. The lowest BCUT2D eigenvalue weighted by atomic mass is 9.51. The molecule has 9 heteroatoms. The zero-order valence-electron chi connectivity index (χ0n) is 16.4. The van der Waals surface area contributed by atoms with Crippen LogP contribution >= 0.6 is 0 Å². The van der Waals surface area contributed by atoms with Crippen LogP contribution in [0.15, 0.2) is 11.1 Å². The van der Waals surface area contributed by atoms with Crippen molar-refractivity contribution >= 4 is 17.9 Å². The molecule has 5 fully saturated rings. The summed E-state index contributed by atoms with van der Waals surface area (Å²) in [5.41, 5.74) is -4.76. The minimum atomic E-state index is -1.83. The molecule has 0 aromatic carbocycles. The van der Waals surface area contributed by atoms with E-state index in [9.17, 15) is 24.6 Å². The second-order valence-corrected chi connectivity index (χ2v) is 10.1. The molecule has 0 aromatic heterocycles. The van der Waals surface area contributed by atoms with Gasteiger partial charge in [0.15, 0.2) is 12.2 Å². The van der Waals surface area contributed by atoms with E-state index in [0.29, 0.717) is 6.42 Å². The van der Waals surface area contributed by atoms with E-state index in [0.717, 1.165) is 0 Å². The van der Waals surface area contributed by atoms with Gasteiger partial charge in [-0.15, -0.1) is 0 Å². The van der Waals surface area contributed by atoms with Crippen LogP contribution in [0.1, 0.15) is 34.1 Å². The minimum Gasteiger partial charge on any atom is -0.459 e. The Morgan fingerprint density at radius 3 is 2.41 bits per heavy atom. The highest BCUT2D eigenvalue weighted by molar-refractivity contribution is 6.00. The van der Waals surface area contributed by atoms with Gasteiger partial charge in [0.25, 0.3) is 0 Å². The van der Waals surface area contributed by atoms with Crippen molar-refractivity contribution in [2.24, 2.45) is 22.2 Å². The van der Waals surface area contributed by atoms with Gasteiger partial charge in [-0.2, -0.15) is 0 Å². The van der Waals surface area contributed by atoms with Gasteiger partial charge in [-0.1, -0.05) is 20.8 Å². The summed E-state index contributed by atoms with van der Waals surface area (Å²) >= 11 is 0. The number of aliphatic hydroxyl groups excluding tert-OH is 2. The maximum Gasteiger partial charge on any atom is 0.344 e. The van der Waals surface area contributed by atoms with Gasteiger partial charge < -0.3 is 29.2 Å². The van der Waals surface area contributed by atoms with Crippen LogP contribution in [-0.2, 0) is 33.3 Å². The van der Waals surface area contributed by atoms with Crippen LogP contribution in [0.5, 0.6) is 0 Å². The molecule has 0 bridgehead atoms. The molecule has 9 atom stereocenters. The van der Waals surface area contributed by atoms with Gasteiger partial charge in [-0.3, -0.25) is 0 Å². The summed E-state index contributed by atoms with van der Waals surface area (Å²) in [6.07, 6.45) is -5.81. The SMILES string of the molecule is CC1=C2[C@@H](OC1=O)C(O)C13[C@H]4CC(C(C)(C)C)C15[C@@H](OC(=O)[C@@H]5O)O[C@@]23C(=O)O4. The van der Waals surface area contributed by atoms with E-state index in [-0.39, 0.29) is 17.1 Å². The third-order valence-corrected chi connectivity index (χ3v) is 8.35. The molecule has 9 nitrogen and oxygen atoms in total. The van der Waals surface area contributed by atoms with Crippen molar-refractivity contribution < 1.29 is 43.5 Å². The Hall–Kier alpha value is -1.97. The third-order valence-electron chi connectivity index (χ3n) is 8.35. The number of ether oxygens (including phenoxy) is 4. The second kappa shape index (κ2) is 4.53. The molecule has 0 aromatic rings. The van der Waals surface area contributed by atoms with Crippen LogP contribution in [-0.4, -0.2) is 64.4 Å². The molecule has 2 spiro atoms. The normalized spacial score (nSPS) is 54.2. The molecule has 4 unspecified atom stereocenters. The number of hydrogen-bond donors (Lipinski definition) is 2. The molecule has 29 heavy (non-hydrogen) atoms. The van der Waals surface area contributed by atoms with Crippen molar-refractivity contribution in [3.8, 4) is 0 Å². The third kappa shape index (κ3) is 1.36. The maximum absolute atomic E-state index is 13.3. The molecule has 4 heterocycles. The number of aliphatic hydroxyl groups is 2. The monoisotopic (exact) mass is 406 g/mol. The molecule has 6 aliphatic rings. The van der Waals surface area contributed by atoms with Gasteiger partial charge in [0.1, 0.15) is 12.2 Å². The fourth-order valence-electron chi connectivity index (χ4n) is 7.64. The number of hydrogen-bond acceptors (Lipinski definition) is 9. The Bertz CT molecular complexity index is 946. The molecule has 4 aliphatic heterocycles. The van der Waals surface area contributed by atoms with Crippen LogP contribution in [0, 0.1) is 22.2 Å². The van der Waals surface area contributed by atoms with Gasteiger partial charge in [0, 0.05) is 11.1 Å². The largest absolute Gasteiger partial charge is 0.459 e. The highest BCUT2D eigenvalue weighted by Gasteiger charge is 2.99. The number of carbonyl (C=O) groups excluding carboxylic acids is 3. The first-order chi connectivity index (χ1) is 13.5. The molecule has 0 radical (unpaired) electrons. The van der Waals surface area contributed by atoms with Crippen molar-refractivity contribution in [3.05, 3.63) is 11.1 Å². The Kier molecular flexibility index (Phi) is 2.79. The fraction of sp³-hybridized carbons (Fsp3) is 0.750. The Morgan fingerprint density at radius 1 is 1.07 bits per heavy atom. The molecule has 2 aliphatic carbocycles. The first-order valence-electron chi connectivity index (χ1n) is 9.85. The van der Waals surface area contributed by atoms with Crippen LogP contribution in [0.3, 0.4) is 0 Å². The molecule has 3 saturated heterocycles. The van der Waals surface area contributed by atoms with Gasteiger partial charge in [0.2, 0.25) is 11.9 Å². The summed E-state index contributed by atoms with van der Waals surface area (Å²) in [6, 6.07) is 0. The van der Waals surface area contributed by atoms with Crippen LogP contribution in [0.4, 0.5) is 0 Å². The van der Waals surface area contributed by atoms with E-state index >= 15 is 0 Å². The zero-order chi connectivity index (χ0) is 20.9. The number of fused-ring (bicyclic) bond motifs is 1. The summed E-state index contributed by atoms with van der Waals surface area (Å²) in [5.74, 6) is -2.59. The quantitative estimate of drug-likeness (QED) is 0.407. The lowest BCUT2D eigenvalue weighted by Gasteiger charge is -2.47. The van der Waals surface area contributed by atoms with Gasteiger partial charge in [-0.05, 0) is 24.7 Å². The summed E-state index contributed by atoms with van der Waals surface area (Å²) < 4.78 is 22.8. The average Bonchev–Trinajstić information content (AvgIpc) is 3.34. The van der Waals surface area contributed by atoms with Gasteiger partial charge in [-0.25, -0.2) is 14.4 Å². The smallest absolute Gasteiger partial charge is 0.344 e. The van der Waals surface area contributed by atoms with E-state index in [2.05, 4.69) is 0 Å². The number of esters is 3. The Labute approximate surface area is 165 Å². The number of carbonyl (C=O) groups is 3. The maximum atomic E-state index is 13.3. The van der Waals surface area contributed by atoms with E-state index < -0.39 is 70.5 Å². The lowest BCUT2D eigenvalue weighted by molar-refractivity contribution is -0.193. The van der Waals surface area contributed by atoms with Crippen LogP contribution < -0.4 is 0 Å². The topological polar surface area (TPSA) is 129 Å². The molecular weight excluding hydrogens is 384 g/mol. The Balaban J connectivity index is 1.73. The lowest BCUT2D eigenvalue weighted by Crippen LogP contribution is -2.62. The van der Waals surface area contributed by atoms with Crippen molar-refractivity contribution in [1.29, 1.82) is 0 Å². The molecule has 0 amide bonds. The molecule has 156 valence electrons. The summed E-state index contributed by atoms with van der Waals surface area (Å²) in [7, 11) is 0. The second-order valence-electron chi connectivity index (χ2n) is 10.1. The predicted octanol–water partition coefficient (Wildman–Crippen LogP) is -0.420. The molecular formula is C20H22O9. The van der Waals surface area contributed by atoms with E-state index in [1.807, 2.05) is 20.8 Å². The fourth-order valence-corrected chi connectivity index (χ4v) is 7.64. The molecule has 2 N–H and O–H groups in total. The molecule has 6 rings (SSSR count). The summed E-state index contributed by atoms with van der Waals surface area (Å²) in [5, 5.41) is 22.8. The average molecular weight is 406 g/mol. The van der Waals surface area contributed by atoms with E-state index in [1.54, 1.807) is 0 Å². The first-order valence-corrected chi connectivity index (χ1v) is 9.85. The minimum absolute atomic E-state index is 0.179.